The molecule has 3 aromatic rings. The van der Waals surface area contributed by atoms with Gasteiger partial charge in [0.05, 0.1) is 5.69 Å². The normalized spacial score (nSPS) is 11.3. The van der Waals surface area contributed by atoms with Crippen LogP contribution in [0.5, 0.6) is 0 Å². The summed E-state index contributed by atoms with van der Waals surface area (Å²) < 4.78 is 0. The largest absolute Gasteiger partial charge is 0.340 e. The maximum Gasteiger partial charge on any atom is 0.131 e. The van der Waals surface area contributed by atoms with E-state index in [0.717, 1.165) is 11.5 Å². The van der Waals surface area contributed by atoms with Gasteiger partial charge in [0.15, 0.2) is 0 Å². The SMILES string of the molecule is Cc1ccc(-c2cccc(Nc3c(C(C)C)cccc3C(C)C)n2)c(C)c1. The lowest BCUT2D eigenvalue weighted by molar-refractivity contribution is 0.838. The van der Waals surface area contributed by atoms with Crippen molar-refractivity contribution in [2.75, 3.05) is 5.32 Å². The van der Waals surface area contributed by atoms with E-state index in [1.165, 1.54) is 33.5 Å². The molecule has 0 aliphatic heterocycles. The summed E-state index contributed by atoms with van der Waals surface area (Å²) in [5.41, 5.74) is 8.59. The molecule has 2 aromatic carbocycles. The van der Waals surface area contributed by atoms with Crippen LogP contribution < -0.4 is 5.32 Å². The predicted molar refractivity (Wildman–Crippen MR) is 117 cm³/mol. The smallest absolute Gasteiger partial charge is 0.131 e. The van der Waals surface area contributed by atoms with Crippen molar-refractivity contribution in [3.05, 3.63) is 76.9 Å². The predicted octanol–water partition coefficient (Wildman–Crippen LogP) is 7.36. The van der Waals surface area contributed by atoms with Crippen molar-refractivity contribution in [3.63, 3.8) is 0 Å². The number of nitrogens with one attached hydrogen (secondary N) is 1. The van der Waals surface area contributed by atoms with E-state index in [0.29, 0.717) is 11.8 Å². The molecule has 0 radical (unpaired) electrons. The van der Waals surface area contributed by atoms with Crippen LogP contribution in [-0.4, -0.2) is 4.98 Å². The molecular weight excluding hydrogens is 328 g/mol. The molecule has 1 heterocycles. The topological polar surface area (TPSA) is 24.9 Å². The summed E-state index contributed by atoms with van der Waals surface area (Å²) in [6.45, 7) is 13.2. The Hall–Kier alpha value is -2.61. The maximum absolute atomic E-state index is 4.92. The second-order valence-electron chi connectivity index (χ2n) is 7.97. The number of hydrogen-bond acceptors (Lipinski definition) is 2. The van der Waals surface area contributed by atoms with Crippen LogP contribution in [0.1, 0.15) is 61.8 Å². The minimum Gasteiger partial charge on any atom is -0.340 e. The Morgan fingerprint density at radius 1 is 0.778 bits per heavy atom. The van der Waals surface area contributed by atoms with Gasteiger partial charge in [0, 0.05) is 11.3 Å². The average molecular weight is 359 g/mol. The number of rotatable bonds is 5. The molecule has 27 heavy (non-hydrogen) atoms. The number of para-hydroxylation sites is 1. The molecule has 1 aromatic heterocycles. The first-order chi connectivity index (χ1) is 12.9. The minimum absolute atomic E-state index is 0.453. The summed E-state index contributed by atoms with van der Waals surface area (Å²) in [5, 5.41) is 3.63. The lowest BCUT2D eigenvalue weighted by atomic mass is 9.92. The van der Waals surface area contributed by atoms with E-state index in [4.69, 9.17) is 4.98 Å². The number of benzene rings is 2. The molecule has 0 unspecified atom stereocenters. The number of anilines is 2. The molecule has 0 spiro atoms. The fourth-order valence-corrected chi connectivity index (χ4v) is 3.58. The molecule has 0 aliphatic rings. The average Bonchev–Trinajstić information content (AvgIpc) is 2.61. The van der Waals surface area contributed by atoms with Gasteiger partial charge in [-0.1, -0.05) is 75.7 Å². The summed E-state index contributed by atoms with van der Waals surface area (Å²) >= 11 is 0. The third-order valence-electron chi connectivity index (χ3n) is 5.03. The second kappa shape index (κ2) is 7.96. The second-order valence-corrected chi connectivity index (χ2v) is 7.97. The van der Waals surface area contributed by atoms with Crippen LogP contribution in [-0.2, 0) is 0 Å². The maximum atomic E-state index is 4.92. The van der Waals surface area contributed by atoms with Crippen molar-refractivity contribution < 1.29 is 0 Å². The van der Waals surface area contributed by atoms with Gasteiger partial charge in [0.25, 0.3) is 0 Å². The van der Waals surface area contributed by atoms with Crippen molar-refractivity contribution in [2.24, 2.45) is 0 Å². The Morgan fingerprint density at radius 3 is 2.00 bits per heavy atom. The summed E-state index contributed by atoms with van der Waals surface area (Å²) in [6, 6.07) is 19.3. The summed E-state index contributed by atoms with van der Waals surface area (Å²) in [4.78, 5) is 4.92. The van der Waals surface area contributed by atoms with Crippen molar-refractivity contribution in [1.82, 2.24) is 4.98 Å². The Bertz CT molecular complexity index is 913. The van der Waals surface area contributed by atoms with Gasteiger partial charge in [-0.05, 0) is 54.5 Å². The van der Waals surface area contributed by atoms with Crippen molar-refractivity contribution in [2.45, 2.75) is 53.4 Å². The van der Waals surface area contributed by atoms with Crippen LogP contribution in [0.25, 0.3) is 11.3 Å². The number of nitrogens with zero attached hydrogens (tertiary/aromatic N) is 1. The van der Waals surface area contributed by atoms with Gasteiger partial charge in [-0.2, -0.15) is 0 Å². The van der Waals surface area contributed by atoms with Gasteiger partial charge in [-0.25, -0.2) is 4.98 Å². The summed E-state index contributed by atoms with van der Waals surface area (Å²) in [7, 11) is 0. The Labute approximate surface area is 163 Å². The highest BCUT2D eigenvalue weighted by Gasteiger charge is 2.14. The van der Waals surface area contributed by atoms with Crippen LogP contribution >= 0.6 is 0 Å². The highest BCUT2D eigenvalue weighted by molar-refractivity contribution is 5.70. The molecule has 0 atom stereocenters. The first-order valence-electron chi connectivity index (χ1n) is 9.81. The molecule has 0 amide bonds. The number of aromatic nitrogens is 1. The van der Waals surface area contributed by atoms with Gasteiger partial charge in [-0.15, -0.1) is 0 Å². The van der Waals surface area contributed by atoms with E-state index in [-0.39, 0.29) is 0 Å². The monoisotopic (exact) mass is 358 g/mol. The van der Waals surface area contributed by atoms with E-state index in [2.05, 4.69) is 95.4 Å². The van der Waals surface area contributed by atoms with E-state index in [1.807, 2.05) is 6.07 Å². The van der Waals surface area contributed by atoms with Crippen molar-refractivity contribution >= 4 is 11.5 Å². The molecule has 0 bridgehead atoms. The first kappa shape index (κ1) is 19.2. The van der Waals surface area contributed by atoms with Crippen LogP contribution in [0.4, 0.5) is 11.5 Å². The quantitative estimate of drug-likeness (QED) is 0.515. The van der Waals surface area contributed by atoms with Crippen LogP contribution in [0, 0.1) is 13.8 Å². The van der Waals surface area contributed by atoms with Crippen molar-refractivity contribution in [3.8, 4) is 11.3 Å². The molecule has 1 N–H and O–H groups in total. The number of pyridine rings is 1. The summed E-state index contributed by atoms with van der Waals surface area (Å²) in [5.74, 6) is 1.80. The number of hydrogen-bond donors (Lipinski definition) is 1. The number of aryl methyl sites for hydroxylation is 2. The molecule has 3 rings (SSSR count). The lowest BCUT2D eigenvalue weighted by Gasteiger charge is -2.21. The standard InChI is InChI=1S/C25H30N2/c1-16(2)20-9-7-10-21(17(3)4)25(20)27-24-12-8-11-23(26-24)22-14-13-18(5)15-19(22)6/h7-17H,1-6H3,(H,26,27). The minimum atomic E-state index is 0.453. The summed E-state index contributed by atoms with van der Waals surface area (Å²) in [6.07, 6.45) is 0. The molecule has 2 nitrogen and oxygen atoms in total. The van der Waals surface area contributed by atoms with Crippen LogP contribution in [0.3, 0.4) is 0 Å². The fourth-order valence-electron chi connectivity index (χ4n) is 3.58. The van der Waals surface area contributed by atoms with E-state index < -0.39 is 0 Å². The van der Waals surface area contributed by atoms with Gasteiger partial charge < -0.3 is 5.32 Å². The zero-order valence-corrected chi connectivity index (χ0v) is 17.3. The van der Waals surface area contributed by atoms with Crippen molar-refractivity contribution in [1.29, 1.82) is 0 Å². The molecule has 140 valence electrons. The molecular formula is C25H30N2. The van der Waals surface area contributed by atoms with Gasteiger partial charge >= 0.3 is 0 Å². The lowest BCUT2D eigenvalue weighted by Crippen LogP contribution is -2.05. The molecule has 0 saturated carbocycles. The Morgan fingerprint density at radius 2 is 1.41 bits per heavy atom. The van der Waals surface area contributed by atoms with Gasteiger partial charge in [0.2, 0.25) is 0 Å². The van der Waals surface area contributed by atoms with E-state index in [1.54, 1.807) is 0 Å². The molecule has 2 heteroatoms. The van der Waals surface area contributed by atoms with Crippen LogP contribution in [0.2, 0.25) is 0 Å². The third-order valence-corrected chi connectivity index (χ3v) is 5.03. The van der Waals surface area contributed by atoms with E-state index >= 15 is 0 Å². The zero-order valence-electron chi connectivity index (χ0n) is 17.3. The zero-order chi connectivity index (χ0) is 19.6. The third kappa shape index (κ3) is 4.21. The highest BCUT2D eigenvalue weighted by atomic mass is 15.0. The Kier molecular flexibility index (Phi) is 5.65. The molecule has 0 saturated heterocycles. The molecule has 0 aliphatic carbocycles. The highest BCUT2D eigenvalue weighted by Crippen LogP contribution is 2.34. The first-order valence-corrected chi connectivity index (χ1v) is 9.81. The Balaban J connectivity index is 2.03. The van der Waals surface area contributed by atoms with E-state index in [9.17, 15) is 0 Å². The fraction of sp³-hybridized carbons (Fsp3) is 0.320. The van der Waals surface area contributed by atoms with Gasteiger partial charge in [0.1, 0.15) is 5.82 Å². The molecule has 0 fully saturated rings. The van der Waals surface area contributed by atoms with Gasteiger partial charge in [-0.3, -0.25) is 0 Å². The van der Waals surface area contributed by atoms with Crippen LogP contribution in [0.15, 0.2) is 54.6 Å².